The van der Waals surface area contributed by atoms with Gasteiger partial charge < -0.3 is 15.3 Å². The second kappa shape index (κ2) is 22.5. The summed E-state index contributed by atoms with van der Waals surface area (Å²) in [5.41, 5.74) is 0. The zero-order valence-corrected chi connectivity index (χ0v) is 8.05. The number of hydrogen-bond donors (Lipinski definition) is 3. The van der Waals surface area contributed by atoms with Crippen molar-refractivity contribution >= 4 is 18.9 Å². The van der Waals surface area contributed by atoms with Crippen LogP contribution in [0.1, 0.15) is 32.6 Å². The Balaban J connectivity index is -0.000000168. The van der Waals surface area contributed by atoms with Gasteiger partial charge in [0.05, 0.1) is 0 Å². The molecule has 0 heterocycles. The minimum Gasteiger partial charge on any atom is -0.483 e. The van der Waals surface area contributed by atoms with Gasteiger partial charge in [0.2, 0.25) is 0 Å². The molecule has 0 spiro atoms. The van der Waals surface area contributed by atoms with Crippen molar-refractivity contribution in [2.75, 3.05) is 0 Å². The molecule has 0 radical (unpaired) electrons. The predicted molar refractivity (Wildman–Crippen MR) is 49.2 cm³/mol. The molecule has 6 nitrogen and oxygen atoms in total. The fourth-order valence-electron chi connectivity index (χ4n) is 0.526. The van der Waals surface area contributed by atoms with Gasteiger partial charge in [0.1, 0.15) is 0 Å². The summed E-state index contributed by atoms with van der Waals surface area (Å²) in [6.45, 7) is 1.56. The molecule has 0 aromatic rings. The molecule has 0 atom stereocenters. The third-order valence-corrected chi connectivity index (χ3v) is 0.994. The third kappa shape index (κ3) is 79.3. The van der Waals surface area contributed by atoms with Crippen LogP contribution in [0.3, 0.4) is 0 Å². The van der Waals surface area contributed by atoms with E-state index in [1.165, 1.54) is 0 Å². The quantitative estimate of drug-likeness (QED) is 0.470. The van der Waals surface area contributed by atoms with E-state index >= 15 is 0 Å². The summed E-state index contributed by atoms with van der Waals surface area (Å²) in [7, 11) is 0. The number of hydrogen-bond acceptors (Lipinski definition) is 3. The van der Waals surface area contributed by atoms with Gasteiger partial charge in [0, 0.05) is 6.42 Å². The van der Waals surface area contributed by atoms with Crippen molar-refractivity contribution in [2.45, 2.75) is 32.6 Å². The normalized spacial score (nSPS) is 6.93. The summed E-state index contributed by atoms with van der Waals surface area (Å²) in [4.78, 5) is 26.6. The molecule has 0 aliphatic carbocycles. The molecule has 0 bridgehead atoms. The maximum absolute atomic E-state index is 9.87. The van der Waals surface area contributed by atoms with Crippen molar-refractivity contribution in [3.05, 3.63) is 0 Å². The van der Waals surface area contributed by atoms with Crippen LogP contribution in [0.5, 0.6) is 0 Å². The van der Waals surface area contributed by atoms with E-state index in [1.807, 2.05) is 0 Å². The highest BCUT2D eigenvalue weighted by Gasteiger charge is 1.92. The van der Waals surface area contributed by atoms with E-state index in [1.54, 1.807) is 0 Å². The molecule has 0 saturated heterocycles. The maximum Gasteiger partial charge on any atom is 0.303 e. The first-order valence-corrected chi connectivity index (χ1v) is 3.98. The van der Waals surface area contributed by atoms with Gasteiger partial charge in [-0.25, -0.2) is 0 Å². The number of rotatable bonds is 4. The first-order valence-electron chi connectivity index (χ1n) is 3.98. The highest BCUT2D eigenvalue weighted by molar-refractivity contribution is 5.66. The summed E-state index contributed by atoms with van der Waals surface area (Å²) in [5, 5.41) is 21.9. The number of carboxylic acids is 1. The molecule has 0 saturated carbocycles. The molecule has 3 N–H and O–H groups in total. The monoisotopic (exact) mass is 208 g/mol. The maximum atomic E-state index is 9.87. The fourth-order valence-corrected chi connectivity index (χ4v) is 0.526. The Morgan fingerprint density at radius 2 is 1.50 bits per heavy atom. The zero-order chi connectivity index (χ0) is 11.8. The molecular weight excluding hydrogens is 192 g/mol. The lowest BCUT2D eigenvalue weighted by molar-refractivity contribution is -0.137. The summed E-state index contributed by atoms with van der Waals surface area (Å²) in [6, 6.07) is 0. The van der Waals surface area contributed by atoms with Gasteiger partial charge >= 0.3 is 5.97 Å². The standard InChI is InChI=1S/C6H12O2.2CH2O2/c1-2-3-4-5-6(7)8;2*2-1-3/h2-5H2,1H3,(H,7,8);2*1H,(H,2,3). The van der Waals surface area contributed by atoms with Crippen LogP contribution in [0.25, 0.3) is 0 Å². The van der Waals surface area contributed by atoms with Gasteiger partial charge in [-0.05, 0) is 6.42 Å². The number of carboxylic acid groups (broad SMARTS) is 3. The van der Waals surface area contributed by atoms with Crippen LogP contribution in [0.15, 0.2) is 0 Å². The molecule has 6 heteroatoms. The van der Waals surface area contributed by atoms with Crippen LogP contribution < -0.4 is 0 Å². The molecule has 0 rings (SSSR count). The summed E-state index contributed by atoms with van der Waals surface area (Å²) in [6.07, 6.45) is 3.28. The molecule has 14 heavy (non-hydrogen) atoms. The lowest BCUT2D eigenvalue weighted by Crippen LogP contribution is -1.92. The zero-order valence-electron chi connectivity index (χ0n) is 8.05. The van der Waals surface area contributed by atoms with Gasteiger partial charge in [-0.3, -0.25) is 14.4 Å². The molecule has 0 fully saturated rings. The van der Waals surface area contributed by atoms with E-state index in [0.29, 0.717) is 6.42 Å². The summed E-state index contributed by atoms with van der Waals surface area (Å²) >= 11 is 0. The molecule has 0 aliphatic heterocycles. The third-order valence-electron chi connectivity index (χ3n) is 0.994. The number of unbranched alkanes of at least 4 members (excludes halogenated alkanes) is 2. The largest absolute Gasteiger partial charge is 0.483 e. The Bertz CT molecular complexity index is 128. The van der Waals surface area contributed by atoms with E-state index in [2.05, 4.69) is 6.92 Å². The number of aliphatic carboxylic acids is 1. The van der Waals surface area contributed by atoms with Crippen LogP contribution in [0, 0.1) is 0 Å². The first kappa shape index (κ1) is 18.2. The van der Waals surface area contributed by atoms with Crippen molar-refractivity contribution in [1.29, 1.82) is 0 Å². The van der Waals surface area contributed by atoms with Crippen molar-refractivity contribution in [2.24, 2.45) is 0 Å². The molecule has 0 unspecified atom stereocenters. The van der Waals surface area contributed by atoms with E-state index < -0.39 is 5.97 Å². The Hall–Kier alpha value is -1.59. The summed E-state index contributed by atoms with van der Waals surface area (Å²) in [5.74, 6) is -0.682. The van der Waals surface area contributed by atoms with Gasteiger partial charge in [-0.2, -0.15) is 0 Å². The second-order valence-corrected chi connectivity index (χ2v) is 2.06. The van der Waals surface area contributed by atoms with Gasteiger partial charge in [-0.15, -0.1) is 0 Å². The highest BCUT2D eigenvalue weighted by Crippen LogP contribution is 1.97. The van der Waals surface area contributed by atoms with Crippen molar-refractivity contribution in [1.82, 2.24) is 0 Å². The van der Waals surface area contributed by atoms with Crippen LogP contribution in [-0.2, 0) is 14.4 Å². The van der Waals surface area contributed by atoms with Crippen LogP contribution in [0.4, 0.5) is 0 Å². The van der Waals surface area contributed by atoms with E-state index in [4.69, 9.17) is 24.9 Å². The smallest absolute Gasteiger partial charge is 0.303 e. The number of carbonyl (C=O) groups is 3. The average molecular weight is 208 g/mol. The van der Waals surface area contributed by atoms with E-state index in [-0.39, 0.29) is 12.9 Å². The van der Waals surface area contributed by atoms with Crippen molar-refractivity contribution in [3.8, 4) is 0 Å². The average Bonchev–Trinajstić information content (AvgIpc) is 2.07. The lowest BCUT2D eigenvalue weighted by atomic mass is 10.2. The minimum absolute atomic E-state index is 0.250. The highest BCUT2D eigenvalue weighted by atomic mass is 16.4. The minimum atomic E-state index is -0.682. The second-order valence-electron chi connectivity index (χ2n) is 2.06. The van der Waals surface area contributed by atoms with Gasteiger partial charge in [-0.1, -0.05) is 19.8 Å². The summed E-state index contributed by atoms with van der Waals surface area (Å²) < 4.78 is 0. The van der Waals surface area contributed by atoms with Crippen molar-refractivity contribution in [3.63, 3.8) is 0 Å². The fraction of sp³-hybridized carbons (Fsp3) is 0.625. The Morgan fingerprint density at radius 3 is 1.71 bits per heavy atom. The van der Waals surface area contributed by atoms with Crippen LogP contribution >= 0.6 is 0 Å². The molecule has 84 valence electrons. The van der Waals surface area contributed by atoms with Crippen LogP contribution in [0.2, 0.25) is 0 Å². The molecule has 0 amide bonds. The predicted octanol–water partition coefficient (Wildman–Crippen LogP) is 1.05. The molecule has 0 aromatic carbocycles. The Labute approximate surface area is 82.2 Å². The molecule has 0 aromatic heterocycles. The first-order chi connectivity index (χ1) is 6.60. The van der Waals surface area contributed by atoms with Crippen molar-refractivity contribution < 1.29 is 29.7 Å². The Morgan fingerprint density at radius 1 is 1.14 bits per heavy atom. The van der Waals surface area contributed by atoms with Gasteiger partial charge in [0.15, 0.2) is 0 Å². The molecule has 0 aliphatic rings. The van der Waals surface area contributed by atoms with Gasteiger partial charge in [0.25, 0.3) is 12.9 Å². The topological polar surface area (TPSA) is 112 Å². The molecular formula is C8H16O6. The van der Waals surface area contributed by atoms with Crippen LogP contribution in [-0.4, -0.2) is 34.2 Å². The van der Waals surface area contributed by atoms with E-state index in [9.17, 15) is 4.79 Å². The SMILES string of the molecule is CCCCCC(=O)O.O=CO.O=CO. The lowest BCUT2D eigenvalue weighted by Gasteiger charge is -1.89. The van der Waals surface area contributed by atoms with E-state index in [0.717, 1.165) is 19.3 Å². The Kier molecular flexibility index (Phi) is 29.3.